The summed E-state index contributed by atoms with van der Waals surface area (Å²) < 4.78 is 4.01. The normalized spacial score (nSPS) is 11.2. The van der Waals surface area contributed by atoms with Crippen LogP contribution in [0.25, 0.3) is 28.5 Å². The van der Waals surface area contributed by atoms with Gasteiger partial charge in [-0.15, -0.1) is 10.2 Å². The molecule has 0 fully saturated rings. The highest BCUT2D eigenvalue weighted by atomic mass is 35.5. The Balaban J connectivity index is 1.46. The van der Waals surface area contributed by atoms with Gasteiger partial charge in [0.1, 0.15) is 5.69 Å². The van der Waals surface area contributed by atoms with Crippen LogP contribution in [0, 0.1) is 6.92 Å². The summed E-state index contributed by atoms with van der Waals surface area (Å²) in [6.45, 7) is 2.66. The third-order valence-electron chi connectivity index (χ3n) is 6.95. The molecule has 6 rings (SSSR count). The SMILES string of the molecule is Cc1c(-c2nnc(SCCc3ccccc3)n2Cc2ccccc2)nn(-c2ccc(Cl)cc2Cl)c1-c1ccc(Cl)cc1. The van der Waals surface area contributed by atoms with Crippen molar-refractivity contribution < 1.29 is 0 Å². The Bertz CT molecular complexity index is 1820. The van der Waals surface area contributed by atoms with Crippen molar-refractivity contribution in [2.45, 2.75) is 25.0 Å². The van der Waals surface area contributed by atoms with Gasteiger partial charge >= 0.3 is 0 Å². The average molecular weight is 631 g/mol. The van der Waals surface area contributed by atoms with Gasteiger partial charge in [0, 0.05) is 26.9 Å². The molecule has 0 bridgehead atoms. The van der Waals surface area contributed by atoms with E-state index in [1.165, 1.54) is 5.56 Å². The topological polar surface area (TPSA) is 48.5 Å². The Hall–Kier alpha value is -3.55. The molecule has 0 atom stereocenters. The molecule has 9 heteroatoms. The minimum Gasteiger partial charge on any atom is -0.296 e. The second kappa shape index (κ2) is 12.8. The van der Waals surface area contributed by atoms with Crippen molar-refractivity contribution in [3.8, 4) is 28.5 Å². The third kappa shape index (κ3) is 6.13. The fourth-order valence-corrected chi connectivity index (χ4v) is 6.41. The molecule has 5 nitrogen and oxygen atoms in total. The molecule has 0 saturated carbocycles. The molecular formula is C33H26Cl3N5S. The van der Waals surface area contributed by atoms with Gasteiger partial charge in [0.2, 0.25) is 0 Å². The van der Waals surface area contributed by atoms with E-state index in [-0.39, 0.29) is 0 Å². The molecule has 42 heavy (non-hydrogen) atoms. The number of benzene rings is 4. The van der Waals surface area contributed by atoms with E-state index >= 15 is 0 Å². The van der Waals surface area contributed by atoms with Gasteiger partial charge in [-0.25, -0.2) is 4.68 Å². The molecule has 0 aliphatic carbocycles. The van der Waals surface area contributed by atoms with Crippen molar-refractivity contribution >= 4 is 46.6 Å². The maximum Gasteiger partial charge on any atom is 0.191 e. The summed E-state index contributed by atoms with van der Waals surface area (Å²) in [4.78, 5) is 0. The maximum atomic E-state index is 6.70. The standard InChI is InChI=1S/C33H26Cl3N5S/c1-22-30(39-41(29-17-16-27(35)20-28(29)36)31(22)25-12-14-26(34)15-13-25)32-37-38-33(40(32)21-24-10-6-3-7-11-24)42-19-18-23-8-4-2-5-9-23/h2-17,20H,18-19,21H2,1H3. The predicted molar refractivity (Wildman–Crippen MR) is 174 cm³/mol. The molecule has 0 aliphatic heterocycles. The van der Waals surface area contributed by atoms with Crippen molar-refractivity contribution in [1.29, 1.82) is 0 Å². The van der Waals surface area contributed by atoms with E-state index < -0.39 is 0 Å². The first kappa shape index (κ1) is 28.6. The Morgan fingerprint density at radius 1 is 0.738 bits per heavy atom. The summed E-state index contributed by atoms with van der Waals surface area (Å²) in [7, 11) is 0. The van der Waals surface area contributed by atoms with Gasteiger partial charge in [0.05, 0.1) is 22.9 Å². The van der Waals surface area contributed by atoms with Crippen LogP contribution in [-0.4, -0.2) is 30.3 Å². The first-order chi connectivity index (χ1) is 20.5. The van der Waals surface area contributed by atoms with Crippen molar-refractivity contribution in [1.82, 2.24) is 24.5 Å². The van der Waals surface area contributed by atoms with Crippen molar-refractivity contribution in [2.24, 2.45) is 0 Å². The number of thioether (sulfide) groups is 1. The molecule has 0 saturated heterocycles. The lowest BCUT2D eigenvalue weighted by atomic mass is 10.1. The minimum absolute atomic E-state index is 0.495. The summed E-state index contributed by atoms with van der Waals surface area (Å²) in [5.74, 6) is 1.57. The summed E-state index contributed by atoms with van der Waals surface area (Å²) in [5.41, 5.74) is 6.68. The second-order valence-corrected chi connectivity index (χ2v) is 12.1. The van der Waals surface area contributed by atoms with Crippen molar-refractivity contribution in [2.75, 3.05) is 5.75 Å². The maximum absolute atomic E-state index is 6.70. The predicted octanol–water partition coefficient (Wildman–Crippen LogP) is 9.45. The van der Waals surface area contributed by atoms with Gasteiger partial charge in [-0.05, 0) is 54.8 Å². The Morgan fingerprint density at radius 3 is 2.10 bits per heavy atom. The molecule has 2 heterocycles. The average Bonchev–Trinajstić information content (AvgIpc) is 3.54. The number of rotatable bonds is 9. The molecule has 0 unspecified atom stereocenters. The van der Waals surface area contributed by atoms with Gasteiger partial charge in [-0.2, -0.15) is 5.10 Å². The van der Waals surface area contributed by atoms with E-state index in [0.717, 1.165) is 45.4 Å². The zero-order valence-corrected chi connectivity index (χ0v) is 25.8. The lowest BCUT2D eigenvalue weighted by Gasteiger charge is -2.11. The number of aryl methyl sites for hydroxylation is 1. The molecule has 0 radical (unpaired) electrons. The Morgan fingerprint density at radius 2 is 1.40 bits per heavy atom. The van der Waals surface area contributed by atoms with Crippen LogP contribution in [0.1, 0.15) is 16.7 Å². The van der Waals surface area contributed by atoms with Gasteiger partial charge in [0.25, 0.3) is 0 Å². The molecule has 4 aromatic carbocycles. The fourth-order valence-electron chi connectivity index (χ4n) is 4.87. The summed E-state index contributed by atoms with van der Waals surface area (Å²) in [5, 5.41) is 17.0. The van der Waals surface area contributed by atoms with E-state index in [1.807, 2.05) is 65.3 Å². The first-order valence-corrected chi connectivity index (χ1v) is 15.5. The molecule has 0 N–H and O–H groups in total. The van der Waals surface area contributed by atoms with Crippen LogP contribution < -0.4 is 0 Å². The third-order valence-corrected chi connectivity index (χ3v) is 8.71. The van der Waals surface area contributed by atoms with E-state index in [1.54, 1.807) is 17.8 Å². The zero-order valence-electron chi connectivity index (χ0n) is 22.7. The zero-order chi connectivity index (χ0) is 29.1. The number of hydrogen-bond acceptors (Lipinski definition) is 4. The lowest BCUT2D eigenvalue weighted by Crippen LogP contribution is -2.06. The minimum atomic E-state index is 0.495. The summed E-state index contributed by atoms with van der Waals surface area (Å²) in [6, 6.07) is 33.9. The number of aromatic nitrogens is 5. The fraction of sp³-hybridized carbons (Fsp3) is 0.121. The van der Waals surface area contributed by atoms with Crippen LogP contribution in [0.2, 0.25) is 15.1 Å². The van der Waals surface area contributed by atoms with Crippen LogP contribution in [0.15, 0.2) is 108 Å². The monoisotopic (exact) mass is 629 g/mol. The van der Waals surface area contributed by atoms with Gasteiger partial charge in [0.15, 0.2) is 11.0 Å². The number of nitrogens with zero attached hydrogens (tertiary/aromatic N) is 5. The number of hydrogen-bond donors (Lipinski definition) is 0. The molecule has 0 amide bonds. The van der Waals surface area contributed by atoms with Crippen LogP contribution in [0.5, 0.6) is 0 Å². The molecule has 0 aliphatic rings. The van der Waals surface area contributed by atoms with Crippen LogP contribution in [-0.2, 0) is 13.0 Å². The van der Waals surface area contributed by atoms with Gasteiger partial charge in [-0.1, -0.05) is 119 Å². The summed E-state index contributed by atoms with van der Waals surface area (Å²) in [6.07, 6.45) is 0.933. The Labute approximate surface area is 264 Å². The largest absolute Gasteiger partial charge is 0.296 e. The smallest absolute Gasteiger partial charge is 0.191 e. The van der Waals surface area contributed by atoms with E-state index in [4.69, 9.17) is 45.0 Å². The van der Waals surface area contributed by atoms with E-state index in [2.05, 4.69) is 53.0 Å². The van der Waals surface area contributed by atoms with Gasteiger partial charge in [-0.3, -0.25) is 4.57 Å². The highest BCUT2D eigenvalue weighted by Crippen LogP contribution is 2.37. The molecule has 6 aromatic rings. The highest BCUT2D eigenvalue weighted by molar-refractivity contribution is 7.99. The lowest BCUT2D eigenvalue weighted by molar-refractivity contribution is 0.711. The first-order valence-electron chi connectivity index (χ1n) is 13.4. The van der Waals surface area contributed by atoms with E-state index in [9.17, 15) is 0 Å². The number of halogens is 3. The molecule has 210 valence electrons. The highest BCUT2D eigenvalue weighted by Gasteiger charge is 2.25. The van der Waals surface area contributed by atoms with Gasteiger partial charge < -0.3 is 0 Å². The van der Waals surface area contributed by atoms with Crippen molar-refractivity contribution in [3.63, 3.8) is 0 Å². The van der Waals surface area contributed by atoms with Crippen LogP contribution in [0.3, 0.4) is 0 Å². The van der Waals surface area contributed by atoms with Crippen LogP contribution >= 0.6 is 46.6 Å². The molecular weight excluding hydrogens is 605 g/mol. The second-order valence-electron chi connectivity index (χ2n) is 9.80. The van der Waals surface area contributed by atoms with Crippen molar-refractivity contribution in [3.05, 3.63) is 135 Å². The quantitative estimate of drug-likeness (QED) is 0.149. The molecule has 0 spiro atoms. The summed E-state index contributed by atoms with van der Waals surface area (Å²) >= 11 is 20.9. The van der Waals surface area contributed by atoms with E-state index in [0.29, 0.717) is 33.1 Å². The Kier molecular flexibility index (Phi) is 8.68. The van der Waals surface area contributed by atoms with Crippen LogP contribution in [0.4, 0.5) is 0 Å². The molecule has 2 aromatic heterocycles.